The van der Waals surface area contributed by atoms with Crippen molar-refractivity contribution in [3.8, 4) is 0 Å². The minimum absolute atomic E-state index is 0.470. The van der Waals surface area contributed by atoms with Crippen molar-refractivity contribution in [2.75, 3.05) is 5.75 Å². The SMILES string of the molecule is BrC1N[CH]CS1. The lowest BCUT2D eigenvalue weighted by atomic mass is 10.8. The molecule has 0 bridgehead atoms. The molecule has 1 rings (SSSR count). The third-order valence-electron chi connectivity index (χ3n) is 0.575. The molecule has 1 aliphatic rings. The molecule has 0 aromatic rings. The molecule has 0 spiro atoms. The summed E-state index contributed by atoms with van der Waals surface area (Å²) in [5, 5.41) is 3.07. The van der Waals surface area contributed by atoms with Crippen LogP contribution in [0.1, 0.15) is 0 Å². The molecule has 0 aliphatic carbocycles. The lowest BCUT2D eigenvalue weighted by Gasteiger charge is -1.91. The molecule has 1 atom stereocenters. The van der Waals surface area contributed by atoms with Gasteiger partial charge >= 0.3 is 0 Å². The quantitative estimate of drug-likeness (QED) is 0.429. The second kappa shape index (κ2) is 2.19. The summed E-state index contributed by atoms with van der Waals surface area (Å²) in [6.45, 7) is 2.05. The van der Waals surface area contributed by atoms with Gasteiger partial charge in [0.2, 0.25) is 0 Å². The van der Waals surface area contributed by atoms with E-state index in [2.05, 4.69) is 21.2 Å². The van der Waals surface area contributed by atoms with Crippen molar-refractivity contribution in [2.45, 2.75) is 4.28 Å². The molecule has 0 aromatic heterocycles. The van der Waals surface area contributed by atoms with Gasteiger partial charge in [0.05, 0.1) is 0 Å². The Morgan fingerprint density at radius 2 is 2.83 bits per heavy atom. The van der Waals surface area contributed by atoms with Gasteiger partial charge in [0, 0.05) is 12.3 Å². The molecule has 6 heavy (non-hydrogen) atoms. The van der Waals surface area contributed by atoms with Gasteiger partial charge in [0.15, 0.2) is 0 Å². The third-order valence-corrected chi connectivity index (χ3v) is 2.42. The van der Waals surface area contributed by atoms with Crippen LogP contribution in [0.15, 0.2) is 0 Å². The topological polar surface area (TPSA) is 12.0 Å². The summed E-state index contributed by atoms with van der Waals surface area (Å²) in [6.07, 6.45) is 0. The normalized spacial score (nSPS) is 34.5. The zero-order valence-corrected chi connectivity index (χ0v) is 5.55. The number of thioether (sulfide) groups is 1. The summed E-state index contributed by atoms with van der Waals surface area (Å²) in [5.41, 5.74) is 0. The second-order valence-electron chi connectivity index (χ2n) is 1.02. The van der Waals surface area contributed by atoms with E-state index in [1.54, 1.807) is 0 Å². The maximum absolute atomic E-state index is 3.36. The van der Waals surface area contributed by atoms with Crippen LogP contribution in [-0.4, -0.2) is 10.0 Å². The highest BCUT2D eigenvalue weighted by Crippen LogP contribution is 2.20. The van der Waals surface area contributed by atoms with Gasteiger partial charge in [0.25, 0.3) is 0 Å². The number of hydrogen-bond acceptors (Lipinski definition) is 2. The van der Waals surface area contributed by atoms with Crippen molar-refractivity contribution in [2.24, 2.45) is 0 Å². The number of alkyl halides is 1. The van der Waals surface area contributed by atoms with Gasteiger partial charge in [-0.25, -0.2) is 0 Å². The molecule has 1 heterocycles. The average Bonchev–Trinajstić information content (AvgIpc) is 1.86. The highest BCUT2D eigenvalue weighted by Gasteiger charge is 2.08. The Balaban J connectivity index is 2.18. The molecule has 1 N–H and O–H groups in total. The number of rotatable bonds is 0. The van der Waals surface area contributed by atoms with Crippen LogP contribution in [0.3, 0.4) is 0 Å². The summed E-state index contributed by atoms with van der Waals surface area (Å²) >= 11 is 5.21. The maximum atomic E-state index is 3.36. The van der Waals surface area contributed by atoms with Crippen LogP contribution >= 0.6 is 27.7 Å². The first-order valence-electron chi connectivity index (χ1n) is 1.73. The maximum Gasteiger partial charge on any atom is 0.110 e. The van der Waals surface area contributed by atoms with Gasteiger partial charge in [-0.05, 0) is 0 Å². The highest BCUT2D eigenvalue weighted by molar-refractivity contribution is 9.11. The van der Waals surface area contributed by atoms with E-state index in [4.69, 9.17) is 0 Å². The fraction of sp³-hybridized carbons (Fsp3) is 0.667. The molecule has 1 aliphatic heterocycles. The van der Waals surface area contributed by atoms with Crippen molar-refractivity contribution in [3.05, 3.63) is 6.54 Å². The number of hydrogen-bond donors (Lipinski definition) is 1. The largest absolute Gasteiger partial charge is 0.291 e. The Morgan fingerprint density at radius 1 is 2.00 bits per heavy atom. The minimum Gasteiger partial charge on any atom is -0.291 e. The van der Waals surface area contributed by atoms with Crippen molar-refractivity contribution >= 4 is 27.7 Å². The predicted molar refractivity (Wildman–Crippen MR) is 32.6 cm³/mol. The summed E-state index contributed by atoms with van der Waals surface area (Å²) in [4.78, 5) is 0. The van der Waals surface area contributed by atoms with E-state index in [9.17, 15) is 0 Å². The predicted octanol–water partition coefficient (Wildman–Crippen LogP) is 1.16. The summed E-state index contributed by atoms with van der Waals surface area (Å²) in [5.74, 6) is 1.12. The molecule has 1 nitrogen and oxygen atoms in total. The molecular formula is C3H5BrNS. The molecule has 0 amide bonds. The van der Waals surface area contributed by atoms with E-state index >= 15 is 0 Å². The molecule has 1 unspecified atom stereocenters. The monoisotopic (exact) mass is 166 g/mol. The van der Waals surface area contributed by atoms with Crippen LogP contribution in [0, 0.1) is 6.54 Å². The summed E-state index contributed by atoms with van der Waals surface area (Å²) < 4.78 is 0.470. The number of halogens is 1. The van der Waals surface area contributed by atoms with Crippen LogP contribution in [0.5, 0.6) is 0 Å². The van der Waals surface area contributed by atoms with E-state index in [0.717, 1.165) is 5.75 Å². The molecule has 35 valence electrons. The van der Waals surface area contributed by atoms with Gasteiger partial charge in [-0.15, -0.1) is 11.8 Å². The molecule has 3 heteroatoms. The summed E-state index contributed by atoms with van der Waals surface area (Å²) in [6, 6.07) is 0. The van der Waals surface area contributed by atoms with E-state index in [1.807, 2.05) is 18.3 Å². The van der Waals surface area contributed by atoms with Crippen LogP contribution in [-0.2, 0) is 0 Å². The van der Waals surface area contributed by atoms with Gasteiger partial charge in [-0.1, -0.05) is 15.9 Å². The fourth-order valence-electron chi connectivity index (χ4n) is 0.321. The Bertz CT molecular complexity index is 44.1. The van der Waals surface area contributed by atoms with E-state index < -0.39 is 0 Å². The molecular weight excluding hydrogens is 162 g/mol. The van der Waals surface area contributed by atoms with E-state index in [1.165, 1.54) is 0 Å². The van der Waals surface area contributed by atoms with Crippen LogP contribution in [0.4, 0.5) is 0 Å². The molecule has 1 radical (unpaired) electrons. The number of nitrogens with one attached hydrogen (secondary N) is 1. The van der Waals surface area contributed by atoms with E-state index in [-0.39, 0.29) is 0 Å². The standard InChI is InChI=1S/C3H5BrNS/c4-3-5-1-2-6-3/h1,3,5H,2H2. The van der Waals surface area contributed by atoms with Gasteiger partial charge < -0.3 is 0 Å². The molecule has 1 fully saturated rings. The van der Waals surface area contributed by atoms with Gasteiger partial charge in [0.1, 0.15) is 4.28 Å². The fourth-order valence-corrected chi connectivity index (χ4v) is 1.52. The second-order valence-corrected chi connectivity index (χ2v) is 3.68. The van der Waals surface area contributed by atoms with Gasteiger partial charge in [-0.3, -0.25) is 5.32 Å². The lowest BCUT2D eigenvalue weighted by molar-refractivity contribution is 0.966. The smallest absolute Gasteiger partial charge is 0.110 e. The van der Waals surface area contributed by atoms with Crippen molar-refractivity contribution < 1.29 is 0 Å². The Labute approximate surface area is 50.0 Å². The molecule has 0 saturated carbocycles. The Morgan fingerprint density at radius 3 is 3.00 bits per heavy atom. The zero-order valence-electron chi connectivity index (χ0n) is 3.15. The van der Waals surface area contributed by atoms with Crippen molar-refractivity contribution in [3.63, 3.8) is 0 Å². The van der Waals surface area contributed by atoms with Crippen LogP contribution in [0.25, 0.3) is 0 Å². The highest BCUT2D eigenvalue weighted by atomic mass is 79.9. The Kier molecular flexibility index (Phi) is 1.80. The first kappa shape index (κ1) is 4.94. The first-order chi connectivity index (χ1) is 2.89. The molecule has 1 saturated heterocycles. The van der Waals surface area contributed by atoms with E-state index in [0.29, 0.717) is 4.28 Å². The van der Waals surface area contributed by atoms with Crippen molar-refractivity contribution in [1.29, 1.82) is 0 Å². The molecule has 0 aromatic carbocycles. The third kappa shape index (κ3) is 1.13. The minimum atomic E-state index is 0.470. The Hall–Kier alpha value is 0.790. The lowest BCUT2D eigenvalue weighted by Crippen LogP contribution is -2.07. The average molecular weight is 167 g/mol. The van der Waals surface area contributed by atoms with Crippen LogP contribution in [0.2, 0.25) is 0 Å². The van der Waals surface area contributed by atoms with Gasteiger partial charge in [-0.2, -0.15) is 0 Å². The first-order valence-corrected chi connectivity index (χ1v) is 3.69. The van der Waals surface area contributed by atoms with Crippen LogP contribution < -0.4 is 5.32 Å². The summed E-state index contributed by atoms with van der Waals surface area (Å²) in [7, 11) is 0. The van der Waals surface area contributed by atoms with Crippen molar-refractivity contribution in [1.82, 2.24) is 5.32 Å². The zero-order chi connectivity index (χ0) is 4.41.